The molecular weight excluding hydrogens is 486 g/mol. The van der Waals surface area contributed by atoms with Crippen LogP contribution in [0.1, 0.15) is 34.1 Å². The predicted octanol–water partition coefficient (Wildman–Crippen LogP) is 4.57. The van der Waals surface area contributed by atoms with Crippen LogP contribution < -0.4 is 10.0 Å². The molecule has 33 heavy (non-hydrogen) atoms. The van der Waals surface area contributed by atoms with E-state index in [1.807, 2.05) is 19.9 Å². The molecule has 0 saturated heterocycles. The average molecular weight is 508 g/mol. The maximum Gasteiger partial charge on any atom is 0.311 e. The predicted molar refractivity (Wildman–Crippen MR) is 129 cm³/mol. The van der Waals surface area contributed by atoms with Crippen molar-refractivity contribution in [3.05, 3.63) is 69.2 Å². The summed E-state index contributed by atoms with van der Waals surface area (Å²) in [7, 11) is -3.96. The molecule has 0 saturated carbocycles. The van der Waals surface area contributed by atoms with Gasteiger partial charge >= 0.3 is 5.97 Å². The van der Waals surface area contributed by atoms with Crippen LogP contribution in [-0.4, -0.2) is 31.9 Å². The number of rotatable bonds is 8. The Balaban J connectivity index is 1.78. The highest BCUT2D eigenvalue weighted by atomic mass is 35.5. The van der Waals surface area contributed by atoms with Crippen molar-refractivity contribution in [2.24, 2.45) is 0 Å². The van der Waals surface area contributed by atoms with E-state index in [1.165, 1.54) is 18.2 Å². The highest BCUT2D eigenvalue weighted by molar-refractivity contribution is 7.92. The van der Waals surface area contributed by atoms with Crippen LogP contribution in [0, 0.1) is 13.8 Å². The SMILES string of the molecule is CCOC(=O)Cc1csc(NC(=O)c2cc(S(=O)(=O)Nc3ccc(C)c(C)c3)ccc2Cl)n1. The van der Waals surface area contributed by atoms with Crippen LogP contribution >= 0.6 is 22.9 Å². The van der Waals surface area contributed by atoms with Crippen LogP contribution in [0.4, 0.5) is 10.8 Å². The number of hydrogen-bond donors (Lipinski definition) is 2. The van der Waals surface area contributed by atoms with E-state index in [0.717, 1.165) is 22.5 Å². The number of nitrogens with one attached hydrogen (secondary N) is 2. The van der Waals surface area contributed by atoms with Crippen LogP contribution in [0.3, 0.4) is 0 Å². The van der Waals surface area contributed by atoms with Gasteiger partial charge in [0.1, 0.15) is 0 Å². The third-order valence-electron chi connectivity index (χ3n) is 4.65. The zero-order chi connectivity index (χ0) is 24.2. The van der Waals surface area contributed by atoms with Gasteiger partial charge in [0.2, 0.25) is 0 Å². The third-order valence-corrected chi connectivity index (χ3v) is 7.17. The van der Waals surface area contributed by atoms with Gasteiger partial charge in [0.15, 0.2) is 5.13 Å². The van der Waals surface area contributed by atoms with Crippen molar-refractivity contribution >= 4 is 55.7 Å². The molecule has 0 fully saturated rings. The fraction of sp³-hybridized carbons (Fsp3) is 0.227. The minimum Gasteiger partial charge on any atom is -0.466 e. The van der Waals surface area contributed by atoms with Gasteiger partial charge in [-0.1, -0.05) is 17.7 Å². The minimum atomic E-state index is -3.96. The third kappa shape index (κ3) is 6.31. The lowest BCUT2D eigenvalue weighted by Gasteiger charge is -2.11. The molecule has 0 radical (unpaired) electrons. The van der Waals surface area contributed by atoms with Crippen molar-refractivity contribution in [1.29, 1.82) is 0 Å². The lowest BCUT2D eigenvalue weighted by atomic mass is 10.1. The highest BCUT2D eigenvalue weighted by Gasteiger charge is 2.20. The fourth-order valence-electron chi connectivity index (χ4n) is 2.83. The van der Waals surface area contributed by atoms with Crippen LogP contribution in [0.25, 0.3) is 0 Å². The van der Waals surface area contributed by atoms with Gasteiger partial charge in [-0.05, 0) is 62.2 Å². The number of esters is 1. The molecule has 2 N–H and O–H groups in total. The van der Waals surface area contributed by atoms with Gasteiger partial charge in [-0.25, -0.2) is 13.4 Å². The van der Waals surface area contributed by atoms with Gasteiger partial charge in [0, 0.05) is 11.1 Å². The summed E-state index contributed by atoms with van der Waals surface area (Å²) in [5.74, 6) is -1.04. The molecule has 3 aromatic rings. The first-order valence-electron chi connectivity index (χ1n) is 9.90. The summed E-state index contributed by atoms with van der Waals surface area (Å²) in [6.07, 6.45) is -0.0150. The molecule has 0 aliphatic rings. The Morgan fingerprint density at radius 2 is 1.88 bits per heavy atom. The van der Waals surface area contributed by atoms with Gasteiger partial charge in [-0.3, -0.25) is 19.6 Å². The first-order chi connectivity index (χ1) is 15.6. The minimum absolute atomic E-state index is 0.0150. The molecule has 8 nitrogen and oxygen atoms in total. The number of benzene rings is 2. The van der Waals surface area contributed by atoms with Crippen molar-refractivity contribution in [2.45, 2.75) is 32.1 Å². The Bertz CT molecular complexity index is 1310. The molecule has 11 heteroatoms. The molecule has 0 spiro atoms. The van der Waals surface area contributed by atoms with E-state index in [4.69, 9.17) is 16.3 Å². The van der Waals surface area contributed by atoms with Gasteiger partial charge in [0.05, 0.1) is 34.2 Å². The molecule has 0 bridgehead atoms. The molecule has 2 aromatic carbocycles. The summed E-state index contributed by atoms with van der Waals surface area (Å²) in [5, 5.41) is 4.54. The number of sulfonamides is 1. The number of amides is 1. The summed E-state index contributed by atoms with van der Waals surface area (Å²) >= 11 is 7.29. The molecule has 3 rings (SSSR count). The van der Waals surface area contributed by atoms with E-state index >= 15 is 0 Å². The van der Waals surface area contributed by atoms with Crippen LogP contribution in [0.5, 0.6) is 0 Å². The van der Waals surface area contributed by atoms with Gasteiger partial charge in [0.25, 0.3) is 15.9 Å². The van der Waals surface area contributed by atoms with Crippen molar-refractivity contribution in [3.8, 4) is 0 Å². The molecule has 0 aliphatic heterocycles. The number of aromatic nitrogens is 1. The Hall–Kier alpha value is -2.95. The van der Waals surface area contributed by atoms with Crippen molar-refractivity contribution < 1.29 is 22.7 Å². The van der Waals surface area contributed by atoms with Gasteiger partial charge < -0.3 is 4.74 Å². The van der Waals surface area contributed by atoms with Crippen molar-refractivity contribution in [2.75, 3.05) is 16.6 Å². The van der Waals surface area contributed by atoms with Crippen LogP contribution in [-0.2, 0) is 26.0 Å². The Kier molecular flexibility index (Phi) is 7.72. The van der Waals surface area contributed by atoms with E-state index < -0.39 is 21.9 Å². The normalized spacial score (nSPS) is 11.2. The number of carbonyl (C=O) groups excluding carboxylic acids is 2. The van der Waals surface area contributed by atoms with Crippen molar-refractivity contribution in [3.63, 3.8) is 0 Å². The summed E-state index contributed by atoms with van der Waals surface area (Å²) in [4.78, 5) is 28.4. The second kappa shape index (κ2) is 10.3. The zero-order valence-electron chi connectivity index (χ0n) is 18.1. The lowest BCUT2D eigenvalue weighted by Crippen LogP contribution is -2.16. The Labute approximate surface area is 201 Å². The lowest BCUT2D eigenvalue weighted by molar-refractivity contribution is -0.142. The van der Waals surface area contributed by atoms with E-state index in [1.54, 1.807) is 24.4 Å². The molecule has 174 valence electrons. The molecule has 1 aromatic heterocycles. The fourth-order valence-corrected chi connectivity index (χ4v) is 4.82. The molecule has 0 aliphatic carbocycles. The first-order valence-corrected chi connectivity index (χ1v) is 12.6. The number of anilines is 2. The van der Waals surface area contributed by atoms with E-state index in [-0.39, 0.29) is 33.6 Å². The molecule has 1 heterocycles. The number of aryl methyl sites for hydroxylation is 2. The topological polar surface area (TPSA) is 114 Å². The maximum absolute atomic E-state index is 12.9. The smallest absolute Gasteiger partial charge is 0.311 e. The number of nitrogens with zero attached hydrogens (tertiary/aromatic N) is 1. The standard InChI is InChI=1S/C22H22ClN3O5S2/c1-4-31-20(27)10-16-12-32-22(24-16)25-21(28)18-11-17(7-8-19(18)23)33(29,30)26-15-6-5-13(2)14(3)9-15/h5-9,11-12,26H,4,10H2,1-3H3,(H,24,25,28). The zero-order valence-corrected chi connectivity index (χ0v) is 20.5. The second-order valence-electron chi connectivity index (χ2n) is 7.13. The number of thiazole rings is 1. The number of ether oxygens (including phenoxy) is 1. The van der Waals surface area contributed by atoms with Crippen LogP contribution in [0.15, 0.2) is 46.7 Å². The first kappa shape index (κ1) is 24.7. The molecule has 1 amide bonds. The number of halogens is 1. The Morgan fingerprint density at radius 3 is 2.58 bits per heavy atom. The maximum atomic E-state index is 12.9. The summed E-state index contributed by atoms with van der Waals surface area (Å²) in [6, 6.07) is 9.08. The quantitative estimate of drug-likeness (QED) is 0.431. The van der Waals surface area contributed by atoms with Gasteiger partial charge in [-0.15, -0.1) is 11.3 Å². The average Bonchev–Trinajstić information content (AvgIpc) is 3.17. The molecule has 0 atom stereocenters. The largest absolute Gasteiger partial charge is 0.466 e. The molecule has 0 unspecified atom stereocenters. The van der Waals surface area contributed by atoms with Gasteiger partial charge in [-0.2, -0.15) is 0 Å². The van der Waals surface area contributed by atoms with Crippen LogP contribution in [0.2, 0.25) is 5.02 Å². The number of carbonyl (C=O) groups is 2. The van der Waals surface area contributed by atoms with Crippen molar-refractivity contribution in [1.82, 2.24) is 4.98 Å². The van der Waals surface area contributed by atoms with E-state index in [2.05, 4.69) is 15.0 Å². The summed E-state index contributed by atoms with van der Waals surface area (Å²) in [5.41, 5.74) is 2.82. The van der Waals surface area contributed by atoms with E-state index in [9.17, 15) is 18.0 Å². The highest BCUT2D eigenvalue weighted by Crippen LogP contribution is 2.25. The molecular formula is C22H22ClN3O5S2. The van der Waals surface area contributed by atoms with E-state index in [0.29, 0.717) is 11.4 Å². The Morgan fingerprint density at radius 1 is 1.12 bits per heavy atom. The monoisotopic (exact) mass is 507 g/mol. The summed E-state index contributed by atoms with van der Waals surface area (Å²) < 4.78 is 33.1. The second-order valence-corrected chi connectivity index (χ2v) is 10.1. The summed E-state index contributed by atoms with van der Waals surface area (Å²) in [6.45, 7) is 5.79. The number of hydrogen-bond acceptors (Lipinski definition) is 7.